The first-order chi connectivity index (χ1) is 18.4. The number of fused-ring (bicyclic) bond motifs is 2. The van der Waals surface area contributed by atoms with Gasteiger partial charge in [-0.05, 0) is 76.4 Å². The molecule has 38 heavy (non-hydrogen) atoms. The van der Waals surface area contributed by atoms with E-state index in [9.17, 15) is 5.11 Å². The number of rotatable bonds is 11. The molecular formula is C29H46N8O. The Kier molecular flexibility index (Phi) is 11.7. The van der Waals surface area contributed by atoms with E-state index in [0.29, 0.717) is 23.3 Å². The summed E-state index contributed by atoms with van der Waals surface area (Å²) in [6.45, 7) is 4.81. The van der Waals surface area contributed by atoms with Crippen molar-refractivity contribution in [2.24, 2.45) is 17.2 Å². The van der Waals surface area contributed by atoms with Gasteiger partial charge in [-0.3, -0.25) is 0 Å². The zero-order valence-corrected chi connectivity index (χ0v) is 23.0. The summed E-state index contributed by atoms with van der Waals surface area (Å²) in [7, 11) is 2.01. The summed E-state index contributed by atoms with van der Waals surface area (Å²) in [5.74, 6) is 1.25. The Labute approximate surface area is 227 Å². The molecule has 2 bridgehead atoms. The molecule has 0 amide bonds. The molecule has 4 rings (SSSR count). The van der Waals surface area contributed by atoms with Gasteiger partial charge in [0.05, 0.1) is 5.70 Å². The van der Waals surface area contributed by atoms with Gasteiger partial charge in [0.2, 0.25) is 0 Å². The third kappa shape index (κ3) is 9.22. The Morgan fingerprint density at radius 1 is 1.03 bits per heavy atom. The van der Waals surface area contributed by atoms with Gasteiger partial charge in [0.25, 0.3) is 0 Å². The van der Waals surface area contributed by atoms with Crippen LogP contribution in [0.5, 0.6) is 5.75 Å². The zero-order chi connectivity index (χ0) is 27.3. The van der Waals surface area contributed by atoms with Crippen LogP contribution in [0.15, 0.2) is 54.3 Å². The van der Waals surface area contributed by atoms with Crippen LogP contribution in [0.4, 0.5) is 0 Å². The van der Waals surface area contributed by atoms with Crippen molar-refractivity contribution in [2.45, 2.75) is 70.4 Å². The minimum atomic E-state index is 0.145. The molecular weight excluding hydrogens is 476 g/mol. The Hall–Kier alpha value is -3.30. The highest BCUT2D eigenvalue weighted by Gasteiger charge is 2.33. The summed E-state index contributed by atoms with van der Waals surface area (Å²) in [4.78, 5) is 10.6. The molecule has 2 aromatic rings. The maximum absolute atomic E-state index is 9.91. The van der Waals surface area contributed by atoms with Gasteiger partial charge in [-0.1, -0.05) is 31.4 Å². The van der Waals surface area contributed by atoms with E-state index in [1.165, 1.54) is 50.5 Å². The number of aromatic hydroxyl groups is 1. The number of aryl methyl sites for hydroxylation is 2. The van der Waals surface area contributed by atoms with Crippen molar-refractivity contribution in [3.8, 4) is 5.75 Å². The largest absolute Gasteiger partial charge is 0.507 e. The number of aromatic nitrogens is 2. The van der Waals surface area contributed by atoms with Crippen LogP contribution in [0.3, 0.4) is 0 Å². The van der Waals surface area contributed by atoms with Crippen LogP contribution in [-0.4, -0.2) is 58.7 Å². The highest BCUT2D eigenvalue weighted by atomic mass is 16.3. The molecule has 208 valence electrons. The smallest absolute Gasteiger partial charge is 0.125 e. The fourth-order valence-electron chi connectivity index (χ4n) is 5.00. The second kappa shape index (κ2) is 15.2. The van der Waals surface area contributed by atoms with E-state index >= 15 is 0 Å². The van der Waals surface area contributed by atoms with Crippen molar-refractivity contribution < 1.29 is 5.11 Å². The quantitative estimate of drug-likeness (QED) is 0.193. The van der Waals surface area contributed by atoms with Crippen LogP contribution in [0.1, 0.15) is 61.9 Å². The predicted octanol–water partition coefficient (Wildman–Crippen LogP) is 2.71. The molecule has 2 aliphatic heterocycles. The molecule has 9 N–H and O–H groups in total. The number of nitrogens with zero attached hydrogens (tertiary/aromatic N) is 3. The standard InChI is InChI=1S/C16H23N5O.C13H23N3/c17-13(12-3-1-2-4-15(12)22)7-14(16(18)19)21-8-10-5-6-11(9-21)20-10;1-12-15-10-13(11-16-12)8-6-4-3-5-7-9-14-2/h1-4,7,10-11,20,22H,5-6,8-9,17-19H2;10-11,14H,3-9H2,1-2H3/b13-7-;. The number of phenols is 1. The fourth-order valence-corrected chi connectivity index (χ4v) is 5.00. The normalized spacial score (nSPS) is 18.6. The summed E-state index contributed by atoms with van der Waals surface area (Å²) in [6.07, 6.45) is 15.7. The monoisotopic (exact) mass is 522 g/mol. The van der Waals surface area contributed by atoms with E-state index in [1.54, 1.807) is 24.3 Å². The first-order valence-electron chi connectivity index (χ1n) is 13.8. The number of nitrogens with two attached hydrogens (primary N) is 3. The van der Waals surface area contributed by atoms with Gasteiger partial charge in [0.1, 0.15) is 17.4 Å². The van der Waals surface area contributed by atoms with Gasteiger partial charge < -0.3 is 37.8 Å². The number of likely N-dealkylation sites (tertiary alicyclic amines) is 1. The zero-order valence-electron chi connectivity index (χ0n) is 23.0. The van der Waals surface area contributed by atoms with Crippen LogP contribution < -0.4 is 27.8 Å². The van der Waals surface area contributed by atoms with Crippen LogP contribution >= 0.6 is 0 Å². The van der Waals surface area contributed by atoms with Gasteiger partial charge in [0, 0.05) is 48.8 Å². The first kappa shape index (κ1) is 29.3. The number of allylic oxidation sites excluding steroid dienone is 1. The Balaban J connectivity index is 0.000000223. The lowest BCUT2D eigenvalue weighted by Gasteiger charge is -2.35. The topological polar surface area (TPSA) is 151 Å². The predicted molar refractivity (Wildman–Crippen MR) is 155 cm³/mol. The second-order valence-electron chi connectivity index (χ2n) is 10.3. The van der Waals surface area contributed by atoms with Crippen LogP contribution in [0.25, 0.3) is 5.70 Å². The molecule has 3 heterocycles. The molecule has 2 saturated heterocycles. The Bertz CT molecular complexity index is 1040. The molecule has 2 fully saturated rings. The average Bonchev–Trinajstić information content (AvgIpc) is 3.25. The molecule has 9 nitrogen and oxygen atoms in total. The van der Waals surface area contributed by atoms with Crippen molar-refractivity contribution in [1.29, 1.82) is 0 Å². The minimum absolute atomic E-state index is 0.145. The number of unbranched alkanes of at least 4 members (excludes halogenated alkanes) is 4. The Morgan fingerprint density at radius 3 is 2.29 bits per heavy atom. The third-order valence-electron chi connectivity index (χ3n) is 7.09. The number of phenolic OH excluding ortho intramolecular Hbond substituents is 1. The molecule has 0 saturated carbocycles. The molecule has 2 atom stereocenters. The van der Waals surface area contributed by atoms with Gasteiger partial charge in [0.15, 0.2) is 0 Å². The lowest BCUT2D eigenvalue weighted by atomic mass is 10.1. The lowest BCUT2D eigenvalue weighted by Crippen LogP contribution is -2.51. The number of hydrogen-bond donors (Lipinski definition) is 6. The second-order valence-corrected chi connectivity index (χ2v) is 10.3. The number of para-hydroxylation sites is 1. The average molecular weight is 523 g/mol. The minimum Gasteiger partial charge on any atom is -0.507 e. The molecule has 9 heteroatoms. The van der Waals surface area contributed by atoms with E-state index < -0.39 is 0 Å². The highest BCUT2D eigenvalue weighted by Crippen LogP contribution is 2.26. The van der Waals surface area contributed by atoms with Crippen molar-refractivity contribution in [3.05, 3.63) is 71.2 Å². The maximum atomic E-state index is 9.91. The van der Waals surface area contributed by atoms with Crippen molar-refractivity contribution in [1.82, 2.24) is 25.5 Å². The summed E-state index contributed by atoms with van der Waals surface area (Å²) in [6, 6.07) is 7.92. The van der Waals surface area contributed by atoms with Crippen molar-refractivity contribution in [3.63, 3.8) is 0 Å². The molecule has 0 spiro atoms. The summed E-state index contributed by atoms with van der Waals surface area (Å²) in [5, 5.41) is 16.7. The molecule has 2 unspecified atom stereocenters. The van der Waals surface area contributed by atoms with E-state index in [2.05, 4.69) is 25.5 Å². The number of benzene rings is 1. The lowest BCUT2D eigenvalue weighted by molar-refractivity contribution is 0.247. The first-order valence-corrected chi connectivity index (χ1v) is 13.8. The fraction of sp³-hybridized carbons (Fsp3) is 0.517. The van der Waals surface area contributed by atoms with E-state index in [0.717, 1.165) is 37.6 Å². The van der Waals surface area contributed by atoms with E-state index in [4.69, 9.17) is 17.2 Å². The molecule has 1 aromatic heterocycles. The van der Waals surface area contributed by atoms with Gasteiger partial charge in [-0.2, -0.15) is 0 Å². The SMILES string of the molecule is CNCCCCCCCc1cnc(C)nc1.NC(N)=C(/C=C(\N)c1ccccc1O)N1CC2CCC(C1)N2. The van der Waals surface area contributed by atoms with E-state index in [1.807, 2.05) is 32.4 Å². The third-order valence-corrected chi connectivity index (χ3v) is 7.09. The van der Waals surface area contributed by atoms with E-state index in [-0.39, 0.29) is 11.6 Å². The maximum Gasteiger partial charge on any atom is 0.125 e. The molecule has 2 aliphatic rings. The number of nitrogens with one attached hydrogen (secondary N) is 2. The summed E-state index contributed by atoms with van der Waals surface area (Å²) in [5.41, 5.74) is 20.9. The molecule has 0 aliphatic carbocycles. The number of piperazine rings is 1. The van der Waals surface area contributed by atoms with Gasteiger partial charge >= 0.3 is 0 Å². The van der Waals surface area contributed by atoms with Crippen LogP contribution in [-0.2, 0) is 6.42 Å². The highest BCUT2D eigenvalue weighted by molar-refractivity contribution is 5.69. The van der Waals surface area contributed by atoms with Crippen LogP contribution in [0, 0.1) is 6.92 Å². The Morgan fingerprint density at radius 2 is 1.66 bits per heavy atom. The van der Waals surface area contributed by atoms with Crippen molar-refractivity contribution in [2.75, 3.05) is 26.7 Å². The summed E-state index contributed by atoms with van der Waals surface area (Å²) >= 11 is 0. The van der Waals surface area contributed by atoms with Gasteiger partial charge in [-0.25, -0.2) is 9.97 Å². The summed E-state index contributed by atoms with van der Waals surface area (Å²) < 4.78 is 0. The van der Waals surface area contributed by atoms with Gasteiger partial charge in [-0.15, -0.1) is 0 Å². The molecule has 0 radical (unpaired) electrons. The van der Waals surface area contributed by atoms with Crippen molar-refractivity contribution >= 4 is 5.70 Å². The number of hydrogen-bond acceptors (Lipinski definition) is 9. The van der Waals surface area contributed by atoms with Crippen LogP contribution in [0.2, 0.25) is 0 Å². The molecule has 1 aromatic carbocycles.